The number of aromatic nitrogens is 1. The second-order valence-electron chi connectivity index (χ2n) is 4.09. The third kappa shape index (κ3) is 3.09. The number of hydrogen-bond donors (Lipinski definition) is 1. The Morgan fingerprint density at radius 3 is 2.62 bits per heavy atom. The highest BCUT2D eigenvalue weighted by molar-refractivity contribution is 6.33. The molecule has 0 aliphatic carbocycles. The molecule has 0 aromatic carbocycles. The molecule has 0 atom stereocenters. The summed E-state index contributed by atoms with van der Waals surface area (Å²) in [6.07, 6.45) is 2.73. The zero-order chi connectivity index (χ0) is 12.1. The number of halogens is 1. The minimum Gasteiger partial charge on any atom is -0.392 e. The first-order chi connectivity index (χ1) is 7.60. The summed E-state index contributed by atoms with van der Waals surface area (Å²) in [5, 5.41) is 9.60. The van der Waals surface area contributed by atoms with Crippen molar-refractivity contribution in [3.05, 3.63) is 22.8 Å². The highest BCUT2D eigenvalue weighted by Crippen LogP contribution is 2.25. The van der Waals surface area contributed by atoms with Crippen molar-refractivity contribution in [3.8, 4) is 0 Å². The number of rotatable bonds is 5. The van der Waals surface area contributed by atoms with Crippen LogP contribution in [0.1, 0.15) is 32.8 Å². The topological polar surface area (TPSA) is 36.4 Å². The van der Waals surface area contributed by atoms with Crippen molar-refractivity contribution < 1.29 is 5.11 Å². The van der Waals surface area contributed by atoms with Crippen molar-refractivity contribution in [2.24, 2.45) is 0 Å². The molecule has 1 N–H and O–H groups in total. The zero-order valence-electron chi connectivity index (χ0n) is 10.1. The van der Waals surface area contributed by atoms with Gasteiger partial charge in [0.1, 0.15) is 5.82 Å². The monoisotopic (exact) mass is 242 g/mol. The quantitative estimate of drug-likeness (QED) is 0.863. The number of hydrogen-bond acceptors (Lipinski definition) is 3. The minimum absolute atomic E-state index is 0.0253. The van der Waals surface area contributed by atoms with Gasteiger partial charge in [0.05, 0.1) is 11.6 Å². The highest BCUT2D eigenvalue weighted by Gasteiger charge is 2.14. The van der Waals surface area contributed by atoms with E-state index in [1.807, 2.05) is 0 Å². The van der Waals surface area contributed by atoms with Crippen LogP contribution < -0.4 is 4.90 Å². The van der Waals surface area contributed by atoms with Crippen molar-refractivity contribution in [2.45, 2.75) is 39.8 Å². The molecule has 0 amide bonds. The number of nitrogens with zero attached hydrogens (tertiary/aromatic N) is 2. The second kappa shape index (κ2) is 6.06. The van der Waals surface area contributed by atoms with Crippen molar-refractivity contribution in [1.29, 1.82) is 0 Å². The predicted molar refractivity (Wildman–Crippen MR) is 67.9 cm³/mol. The Labute approximate surface area is 102 Å². The summed E-state index contributed by atoms with van der Waals surface area (Å²) in [5.41, 5.74) is 0.744. The van der Waals surface area contributed by atoms with Crippen LogP contribution in [0.2, 0.25) is 5.02 Å². The second-order valence-corrected chi connectivity index (χ2v) is 4.50. The lowest BCUT2D eigenvalue weighted by molar-refractivity contribution is 0.281. The molecule has 0 aliphatic rings. The molecule has 1 heterocycles. The molecule has 0 spiro atoms. The molecule has 0 fully saturated rings. The molecule has 1 aromatic heterocycles. The molecule has 0 aliphatic heterocycles. The molecule has 0 saturated heterocycles. The van der Waals surface area contributed by atoms with Gasteiger partial charge >= 0.3 is 0 Å². The van der Waals surface area contributed by atoms with Gasteiger partial charge in [-0.25, -0.2) is 4.98 Å². The average Bonchev–Trinajstić information content (AvgIpc) is 2.26. The van der Waals surface area contributed by atoms with E-state index >= 15 is 0 Å². The molecular formula is C12H19ClN2O. The lowest BCUT2D eigenvalue weighted by Gasteiger charge is -2.28. The lowest BCUT2D eigenvalue weighted by atomic mass is 10.2. The minimum atomic E-state index is -0.0253. The van der Waals surface area contributed by atoms with E-state index in [9.17, 15) is 0 Å². The van der Waals surface area contributed by atoms with Gasteiger partial charge in [-0.2, -0.15) is 0 Å². The zero-order valence-corrected chi connectivity index (χ0v) is 10.8. The van der Waals surface area contributed by atoms with Crippen LogP contribution in [-0.2, 0) is 6.61 Å². The summed E-state index contributed by atoms with van der Waals surface area (Å²) in [6.45, 7) is 7.28. The molecule has 0 radical (unpaired) electrons. The van der Waals surface area contributed by atoms with Crippen LogP contribution >= 0.6 is 11.6 Å². The molecule has 4 heteroatoms. The Hall–Kier alpha value is -0.800. The third-order valence-corrected chi connectivity index (χ3v) is 2.70. The van der Waals surface area contributed by atoms with Gasteiger partial charge in [0.25, 0.3) is 0 Å². The van der Waals surface area contributed by atoms with E-state index in [0.717, 1.165) is 24.3 Å². The first kappa shape index (κ1) is 13.3. The third-order valence-electron chi connectivity index (χ3n) is 2.42. The summed E-state index contributed by atoms with van der Waals surface area (Å²) in [5.74, 6) is 0.802. The van der Waals surface area contributed by atoms with Crippen LogP contribution in [0.5, 0.6) is 0 Å². The van der Waals surface area contributed by atoms with Crippen LogP contribution in [-0.4, -0.2) is 22.7 Å². The Bertz CT molecular complexity index is 342. The first-order valence-corrected chi connectivity index (χ1v) is 5.99. The molecule has 0 bridgehead atoms. The standard InChI is InChI=1S/C12H19ClN2O/c1-4-5-15(9(2)3)12-11(13)6-10(8-16)7-14-12/h6-7,9,16H,4-5,8H2,1-3H3. The van der Waals surface area contributed by atoms with Crippen molar-refractivity contribution >= 4 is 17.4 Å². The van der Waals surface area contributed by atoms with Crippen molar-refractivity contribution in [1.82, 2.24) is 4.98 Å². The van der Waals surface area contributed by atoms with Gasteiger partial charge in [0, 0.05) is 18.8 Å². The van der Waals surface area contributed by atoms with Crippen molar-refractivity contribution in [2.75, 3.05) is 11.4 Å². The predicted octanol–water partition coefficient (Wildman–Crippen LogP) is 2.85. The van der Waals surface area contributed by atoms with E-state index in [2.05, 4.69) is 30.7 Å². The highest BCUT2D eigenvalue weighted by atomic mass is 35.5. The molecule has 90 valence electrons. The summed E-state index contributed by atoms with van der Waals surface area (Å²) in [7, 11) is 0. The van der Waals surface area contributed by atoms with Gasteiger partial charge in [-0.1, -0.05) is 18.5 Å². The lowest BCUT2D eigenvalue weighted by Crippen LogP contribution is -2.32. The van der Waals surface area contributed by atoms with Crippen LogP contribution in [0.25, 0.3) is 0 Å². The largest absolute Gasteiger partial charge is 0.392 e. The van der Waals surface area contributed by atoms with Crippen molar-refractivity contribution in [3.63, 3.8) is 0 Å². The Morgan fingerprint density at radius 2 is 2.19 bits per heavy atom. The Kier molecular flexibility index (Phi) is 5.03. The molecule has 1 aromatic rings. The average molecular weight is 243 g/mol. The van der Waals surface area contributed by atoms with Gasteiger partial charge < -0.3 is 10.0 Å². The van der Waals surface area contributed by atoms with Gasteiger partial charge in [-0.15, -0.1) is 0 Å². The fourth-order valence-corrected chi connectivity index (χ4v) is 1.92. The number of anilines is 1. The fraction of sp³-hybridized carbons (Fsp3) is 0.583. The van der Waals surface area contributed by atoms with E-state index in [0.29, 0.717) is 11.1 Å². The summed E-state index contributed by atoms with van der Waals surface area (Å²) in [4.78, 5) is 6.49. The van der Waals surface area contributed by atoms with Gasteiger partial charge in [-0.3, -0.25) is 0 Å². The summed E-state index contributed by atoms with van der Waals surface area (Å²) >= 11 is 6.17. The number of aliphatic hydroxyl groups excluding tert-OH is 1. The van der Waals surface area contributed by atoms with Gasteiger partial charge in [0.2, 0.25) is 0 Å². The van der Waals surface area contributed by atoms with E-state index in [-0.39, 0.29) is 6.61 Å². The number of aliphatic hydroxyl groups is 1. The Morgan fingerprint density at radius 1 is 1.50 bits per heavy atom. The van der Waals surface area contributed by atoms with Gasteiger partial charge in [-0.05, 0) is 31.9 Å². The van der Waals surface area contributed by atoms with Gasteiger partial charge in [0.15, 0.2) is 0 Å². The van der Waals surface area contributed by atoms with E-state index in [1.54, 1.807) is 12.3 Å². The normalized spacial score (nSPS) is 10.9. The van der Waals surface area contributed by atoms with Crippen LogP contribution in [0.15, 0.2) is 12.3 Å². The first-order valence-electron chi connectivity index (χ1n) is 5.62. The molecule has 0 saturated carbocycles. The van der Waals surface area contributed by atoms with E-state index in [1.165, 1.54) is 0 Å². The molecular weight excluding hydrogens is 224 g/mol. The smallest absolute Gasteiger partial charge is 0.147 e. The van der Waals surface area contributed by atoms with E-state index in [4.69, 9.17) is 16.7 Å². The van der Waals surface area contributed by atoms with E-state index < -0.39 is 0 Å². The molecule has 16 heavy (non-hydrogen) atoms. The maximum Gasteiger partial charge on any atom is 0.147 e. The molecule has 1 rings (SSSR count). The number of pyridine rings is 1. The molecule has 3 nitrogen and oxygen atoms in total. The SMILES string of the molecule is CCCN(c1ncc(CO)cc1Cl)C(C)C. The summed E-state index contributed by atoms with van der Waals surface area (Å²) in [6, 6.07) is 2.14. The summed E-state index contributed by atoms with van der Waals surface area (Å²) < 4.78 is 0. The maximum absolute atomic E-state index is 8.99. The van der Waals surface area contributed by atoms with Crippen LogP contribution in [0.3, 0.4) is 0 Å². The fourth-order valence-electron chi connectivity index (χ4n) is 1.62. The Balaban J connectivity index is 3.00. The van der Waals surface area contributed by atoms with Crippen LogP contribution in [0.4, 0.5) is 5.82 Å². The van der Waals surface area contributed by atoms with Crippen LogP contribution in [0, 0.1) is 0 Å². The molecule has 0 unspecified atom stereocenters. The maximum atomic E-state index is 8.99.